The Morgan fingerprint density at radius 1 is 0.896 bits per heavy atom. The largest absolute Gasteiger partial charge is 0.512 e. The molecular weight excluding hydrogens is 771 g/mol. The maximum absolute atomic E-state index is 11.7. The van der Waals surface area contributed by atoms with Gasteiger partial charge in [-0.2, -0.15) is 0 Å². The molecule has 1 aromatic heterocycles. The molecule has 1 aliphatic rings. The molecule has 1 N–H and O–H groups in total. The van der Waals surface area contributed by atoms with Gasteiger partial charge < -0.3 is 9.84 Å². The first-order valence-electron chi connectivity index (χ1n) is 17.9. The van der Waals surface area contributed by atoms with Gasteiger partial charge in [0.1, 0.15) is 5.75 Å². The van der Waals surface area contributed by atoms with Crippen molar-refractivity contribution in [2.24, 2.45) is 29.6 Å². The molecule has 0 fully saturated rings. The van der Waals surface area contributed by atoms with E-state index in [1.54, 1.807) is 0 Å². The Balaban J connectivity index is 0.000000334. The molecule has 4 aromatic rings. The van der Waals surface area contributed by atoms with Crippen molar-refractivity contribution >= 4 is 27.3 Å². The van der Waals surface area contributed by atoms with Crippen LogP contribution in [0.3, 0.4) is 0 Å². The number of ketones is 1. The summed E-state index contributed by atoms with van der Waals surface area (Å²) in [5.41, 5.74) is 4.51. The van der Waals surface area contributed by atoms with Crippen molar-refractivity contribution in [2.45, 2.75) is 107 Å². The zero-order valence-electron chi connectivity index (χ0n) is 31.0. The average molecular weight is 827 g/mol. The minimum absolute atomic E-state index is 0. The van der Waals surface area contributed by atoms with Crippen LogP contribution >= 0.6 is 0 Å². The monoisotopic (exact) mass is 827 g/mol. The van der Waals surface area contributed by atoms with Gasteiger partial charge in [-0.05, 0) is 73.4 Å². The van der Waals surface area contributed by atoms with Crippen LogP contribution in [0.25, 0.3) is 32.8 Å². The normalized spacial score (nSPS) is 12.8. The Morgan fingerprint density at radius 2 is 1.48 bits per heavy atom. The first-order valence-corrected chi connectivity index (χ1v) is 17.9. The van der Waals surface area contributed by atoms with E-state index in [4.69, 9.17) is 9.72 Å². The number of allylic oxidation sites excluding steroid dienone is 2. The van der Waals surface area contributed by atoms with Crippen LogP contribution in [0.15, 0.2) is 60.5 Å². The third-order valence-corrected chi connectivity index (χ3v) is 10.9. The maximum Gasteiger partial charge on any atom is 0.162 e. The number of aromatic nitrogens is 1. The Kier molecular flexibility index (Phi) is 13.6. The predicted molar refractivity (Wildman–Crippen MR) is 198 cm³/mol. The van der Waals surface area contributed by atoms with E-state index >= 15 is 0 Å². The number of fused-ring (bicyclic) bond motifs is 3. The molecule has 48 heavy (non-hydrogen) atoms. The molecule has 0 unspecified atom stereocenters. The van der Waals surface area contributed by atoms with Crippen LogP contribution in [-0.2, 0) is 30.3 Å². The van der Waals surface area contributed by atoms with E-state index in [-0.39, 0.29) is 48.9 Å². The number of aliphatic hydroxyl groups excluding tert-OH is 1. The summed E-state index contributed by atoms with van der Waals surface area (Å²) in [6.45, 7) is 24.4. The third kappa shape index (κ3) is 7.29. The molecule has 5 rings (SSSR count). The number of carbonyl (C=O) groups excluding carboxylic acids is 1. The zero-order valence-corrected chi connectivity index (χ0v) is 33.4. The average Bonchev–Trinajstić information content (AvgIpc) is 3.03. The summed E-state index contributed by atoms with van der Waals surface area (Å²) in [5, 5.41) is 14.3. The quantitative estimate of drug-likeness (QED) is 0.0819. The number of hydrogen-bond donors (Lipinski definition) is 1. The standard InChI is InChI=1S/C30H32NO.C13H24O2.Ir/c1-17(2)30(18(3)4,19(5)6)23-14-22-12-13-31-28-25-15-21-10-8-9-11-24(21)20(7)29(25)32-26(16-23)27(22)28;1-5-10(6-2)12(14)9-13(15)11(7-3)8-4;/h8-14,16-19H,1-7H3;9-11,14H,5-8H2,1-4H3;/q-1;;/b;12-9-;. The van der Waals surface area contributed by atoms with Gasteiger partial charge in [0.25, 0.3) is 0 Å². The van der Waals surface area contributed by atoms with E-state index in [0.29, 0.717) is 17.8 Å². The number of rotatable bonds is 11. The Labute approximate surface area is 303 Å². The number of nitrogens with zero attached hydrogens (tertiary/aromatic N) is 1. The topological polar surface area (TPSA) is 59.4 Å². The van der Waals surface area contributed by atoms with Crippen LogP contribution in [-0.4, -0.2) is 15.9 Å². The smallest absolute Gasteiger partial charge is 0.162 e. The van der Waals surface area contributed by atoms with Gasteiger partial charge in [0.15, 0.2) is 5.78 Å². The van der Waals surface area contributed by atoms with Crippen molar-refractivity contribution in [3.05, 3.63) is 77.7 Å². The second-order valence-corrected chi connectivity index (χ2v) is 14.2. The number of aryl methyl sites for hydroxylation is 1. The Morgan fingerprint density at radius 3 is 2.04 bits per heavy atom. The molecule has 0 amide bonds. The summed E-state index contributed by atoms with van der Waals surface area (Å²) >= 11 is 0. The van der Waals surface area contributed by atoms with Gasteiger partial charge in [0, 0.05) is 60.7 Å². The molecule has 2 heterocycles. The first kappa shape index (κ1) is 39.4. The van der Waals surface area contributed by atoms with Crippen LogP contribution in [0.1, 0.15) is 106 Å². The van der Waals surface area contributed by atoms with Crippen molar-refractivity contribution in [1.82, 2.24) is 4.98 Å². The summed E-state index contributed by atoms with van der Waals surface area (Å²) in [6, 6.07) is 18.8. The number of hydrogen-bond acceptors (Lipinski definition) is 4. The summed E-state index contributed by atoms with van der Waals surface area (Å²) in [6.07, 6.45) is 6.84. The molecule has 4 nitrogen and oxygen atoms in total. The third-order valence-electron chi connectivity index (χ3n) is 10.9. The minimum Gasteiger partial charge on any atom is -0.512 e. The van der Waals surface area contributed by atoms with Gasteiger partial charge in [0.05, 0.1) is 11.5 Å². The van der Waals surface area contributed by atoms with Crippen molar-refractivity contribution < 1.29 is 34.7 Å². The van der Waals surface area contributed by atoms with Crippen molar-refractivity contribution in [2.75, 3.05) is 0 Å². The Bertz CT molecular complexity index is 1720. The summed E-state index contributed by atoms with van der Waals surface area (Å²) < 4.78 is 6.69. The van der Waals surface area contributed by atoms with Crippen LogP contribution < -0.4 is 4.74 Å². The fourth-order valence-corrected chi connectivity index (χ4v) is 8.40. The number of ether oxygens (including phenoxy) is 1. The molecule has 1 radical (unpaired) electrons. The molecular formula is C43H56IrNO3-. The molecule has 0 atom stereocenters. The van der Waals surface area contributed by atoms with E-state index in [9.17, 15) is 9.90 Å². The summed E-state index contributed by atoms with van der Waals surface area (Å²) in [4.78, 5) is 16.5. The maximum atomic E-state index is 11.7. The van der Waals surface area contributed by atoms with Gasteiger partial charge >= 0.3 is 0 Å². The van der Waals surface area contributed by atoms with Crippen molar-refractivity contribution in [1.29, 1.82) is 0 Å². The fraction of sp³-hybridized carbons (Fsp3) is 0.488. The molecule has 0 saturated heterocycles. The van der Waals surface area contributed by atoms with Crippen molar-refractivity contribution in [3.63, 3.8) is 0 Å². The van der Waals surface area contributed by atoms with E-state index in [0.717, 1.165) is 64.8 Å². The number of carbonyl (C=O) groups is 1. The second-order valence-electron chi connectivity index (χ2n) is 14.2. The van der Waals surface area contributed by atoms with E-state index in [1.165, 1.54) is 22.4 Å². The SMILES string of the molecule is CCC(CC)C(=O)/C=C(\O)C(CC)CC.Cc1c2c([c-]c3ccccc13)-c1nccc3cc(C(C(C)C)(C(C)C)C(C)C)cc(c13)O2.[Ir]. The zero-order chi connectivity index (χ0) is 34.6. The molecule has 1 aliphatic heterocycles. The van der Waals surface area contributed by atoms with E-state index in [2.05, 4.69) is 97.0 Å². The van der Waals surface area contributed by atoms with Gasteiger partial charge in [-0.3, -0.25) is 9.78 Å². The molecule has 3 aromatic carbocycles. The van der Waals surface area contributed by atoms with Gasteiger partial charge in [-0.1, -0.05) is 110 Å². The van der Waals surface area contributed by atoms with Gasteiger partial charge in [-0.15, -0.1) is 17.5 Å². The second kappa shape index (κ2) is 16.6. The molecule has 0 bridgehead atoms. The van der Waals surface area contributed by atoms with E-state index in [1.807, 2.05) is 33.9 Å². The van der Waals surface area contributed by atoms with Gasteiger partial charge in [-0.25, -0.2) is 0 Å². The first-order chi connectivity index (χ1) is 22.4. The summed E-state index contributed by atoms with van der Waals surface area (Å²) in [7, 11) is 0. The molecule has 261 valence electrons. The molecule has 0 aliphatic carbocycles. The summed E-state index contributed by atoms with van der Waals surface area (Å²) in [5.74, 6) is 3.87. The molecule has 0 saturated carbocycles. The fourth-order valence-electron chi connectivity index (χ4n) is 8.40. The van der Waals surface area contributed by atoms with Gasteiger partial charge in [0.2, 0.25) is 0 Å². The number of pyridine rings is 1. The van der Waals surface area contributed by atoms with E-state index < -0.39 is 0 Å². The molecule has 5 heteroatoms. The predicted octanol–water partition coefficient (Wildman–Crippen LogP) is 12.3. The number of aliphatic hydroxyl groups is 1. The number of benzene rings is 3. The Hall–Kier alpha value is -3.01. The molecule has 0 spiro atoms. The van der Waals surface area contributed by atoms with Crippen LogP contribution in [0.2, 0.25) is 0 Å². The van der Waals surface area contributed by atoms with Crippen LogP contribution in [0.5, 0.6) is 11.5 Å². The van der Waals surface area contributed by atoms with Crippen LogP contribution in [0, 0.1) is 42.6 Å². The van der Waals surface area contributed by atoms with Crippen molar-refractivity contribution in [3.8, 4) is 22.8 Å². The minimum atomic E-state index is 0. The van der Waals surface area contributed by atoms with Crippen LogP contribution in [0.4, 0.5) is 0 Å².